The van der Waals surface area contributed by atoms with Crippen molar-refractivity contribution in [1.82, 2.24) is 10.2 Å². The summed E-state index contributed by atoms with van der Waals surface area (Å²) in [7, 11) is 0. The van der Waals surface area contributed by atoms with Gasteiger partial charge in [-0.15, -0.1) is 0 Å². The van der Waals surface area contributed by atoms with Crippen LogP contribution in [0.2, 0.25) is 0 Å². The summed E-state index contributed by atoms with van der Waals surface area (Å²) < 4.78 is 0. The number of aliphatic carboxylic acids is 1. The van der Waals surface area contributed by atoms with Gasteiger partial charge in [-0.05, 0) is 30.2 Å². The van der Waals surface area contributed by atoms with Gasteiger partial charge in [0, 0.05) is 30.2 Å². The standard InChI is InChI=1S/C20H19N3O6/c1-12-8-14(6-7-16(12)23(28)29)19(25)21-10-18(24)22-11-15-5-3-2-4-13(15)9-17(22)20(26)27/h2-8,17H,9-11H2,1H3,(H,21,25)(H,26,27). The van der Waals surface area contributed by atoms with Crippen LogP contribution in [0, 0.1) is 17.0 Å². The van der Waals surface area contributed by atoms with Crippen LogP contribution in [0.1, 0.15) is 27.0 Å². The Hall–Kier alpha value is -3.75. The smallest absolute Gasteiger partial charge is 0.326 e. The molecule has 0 saturated carbocycles. The number of carboxylic acids is 1. The second kappa shape index (κ2) is 8.09. The van der Waals surface area contributed by atoms with Crippen molar-refractivity contribution in [2.45, 2.75) is 25.9 Å². The van der Waals surface area contributed by atoms with Crippen LogP contribution in [0.25, 0.3) is 0 Å². The van der Waals surface area contributed by atoms with Crippen molar-refractivity contribution in [2.24, 2.45) is 0 Å². The maximum atomic E-state index is 12.6. The zero-order valence-electron chi connectivity index (χ0n) is 15.6. The number of nitrogens with one attached hydrogen (secondary N) is 1. The molecule has 29 heavy (non-hydrogen) atoms. The van der Waals surface area contributed by atoms with Crippen LogP contribution in [0.4, 0.5) is 5.69 Å². The van der Waals surface area contributed by atoms with Gasteiger partial charge in [-0.25, -0.2) is 4.79 Å². The molecule has 1 aliphatic rings. The number of fused-ring (bicyclic) bond motifs is 1. The fourth-order valence-electron chi connectivity index (χ4n) is 3.37. The first kappa shape index (κ1) is 20.0. The van der Waals surface area contributed by atoms with Gasteiger partial charge in [-0.2, -0.15) is 0 Å². The number of carboxylic acid groups (broad SMARTS) is 1. The minimum atomic E-state index is -1.11. The van der Waals surface area contributed by atoms with Crippen LogP contribution in [-0.4, -0.2) is 45.3 Å². The van der Waals surface area contributed by atoms with Crippen molar-refractivity contribution in [2.75, 3.05) is 6.54 Å². The highest BCUT2D eigenvalue weighted by atomic mass is 16.6. The Balaban J connectivity index is 1.69. The zero-order valence-corrected chi connectivity index (χ0v) is 15.6. The summed E-state index contributed by atoms with van der Waals surface area (Å²) in [5, 5.41) is 22.8. The first-order valence-electron chi connectivity index (χ1n) is 8.90. The number of aryl methyl sites for hydroxylation is 1. The van der Waals surface area contributed by atoms with Crippen LogP contribution in [0.15, 0.2) is 42.5 Å². The number of hydrogen-bond acceptors (Lipinski definition) is 5. The minimum absolute atomic E-state index is 0.103. The van der Waals surface area contributed by atoms with Gasteiger partial charge >= 0.3 is 5.97 Å². The Morgan fingerprint density at radius 2 is 1.90 bits per heavy atom. The SMILES string of the molecule is Cc1cc(C(=O)NCC(=O)N2Cc3ccccc3CC2C(=O)O)ccc1[N+](=O)[O-]. The van der Waals surface area contributed by atoms with Crippen LogP contribution in [0.3, 0.4) is 0 Å². The molecule has 0 saturated heterocycles. The fraction of sp³-hybridized carbons (Fsp3) is 0.250. The predicted molar refractivity (Wildman–Crippen MR) is 102 cm³/mol. The van der Waals surface area contributed by atoms with E-state index in [9.17, 15) is 29.6 Å². The summed E-state index contributed by atoms with van der Waals surface area (Å²) in [4.78, 5) is 48.1. The van der Waals surface area contributed by atoms with E-state index in [1.165, 1.54) is 30.0 Å². The molecule has 9 heteroatoms. The van der Waals surface area contributed by atoms with Crippen molar-refractivity contribution >= 4 is 23.5 Å². The first-order valence-corrected chi connectivity index (χ1v) is 8.90. The molecule has 0 fully saturated rings. The Morgan fingerprint density at radius 1 is 1.21 bits per heavy atom. The Morgan fingerprint density at radius 3 is 2.52 bits per heavy atom. The topological polar surface area (TPSA) is 130 Å². The van der Waals surface area contributed by atoms with Gasteiger partial charge in [0.05, 0.1) is 11.5 Å². The van der Waals surface area contributed by atoms with Crippen LogP contribution < -0.4 is 5.32 Å². The highest BCUT2D eigenvalue weighted by molar-refractivity contribution is 5.97. The second-order valence-corrected chi connectivity index (χ2v) is 6.79. The van der Waals surface area contributed by atoms with Gasteiger partial charge in [-0.3, -0.25) is 19.7 Å². The van der Waals surface area contributed by atoms with Crippen molar-refractivity contribution in [3.8, 4) is 0 Å². The molecule has 1 heterocycles. The molecule has 150 valence electrons. The number of hydrogen-bond donors (Lipinski definition) is 2. The Bertz CT molecular complexity index is 1000. The maximum absolute atomic E-state index is 12.6. The van der Waals surface area contributed by atoms with Gasteiger partial charge in [0.2, 0.25) is 5.91 Å². The summed E-state index contributed by atoms with van der Waals surface area (Å²) >= 11 is 0. The number of amides is 2. The summed E-state index contributed by atoms with van der Waals surface area (Å²) in [6, 6.07) is 10.2. The summed E-state index contributed by atoms with van der Waals surface area (Å²) in [5.41, 5.74) is 2.16. The molecule has 0 spiro atoms. The third kappa shape index (κ3) is 4.23. The number of benzene rings is 2. The molecule has 3 rings (SSSR count). The van der Waals surface area contributed by atoms with E-state index in [1.54, 1.807) is 0 Å². The van der Waals surface area contributed by atoms with Crippen LogP contribution in [-0.2, 0) is 22.6 Å². The summed E-state index contributed by atoms with van der Waals surface area (Å²) in [5.74, 6) is -2.19. The predicted octanol–water partition coefficient (Wildman–Crippen LogP) is 1.67. The van der Waals surface area contributed by atoms with Crippen molar-refractivity contribution in [1.29, 1.82) is 0 Å². The number of carbonyl (C=O) groups is 3. The zero-order chi connectivity index (χ0) is 21.1. The second-order valence-electron chi connectivity index (χ2n) is 6.79. The molecule has 1 unspecified atom stereocenters. The molecule has 0 aromatic heterocycles. The van der Waals surface area contributed by atoms with E-state index in [0.717, 1.165) is 11.1 Å². The molecule has 0 radical (unpaired) electrons. The quantitative estimate of drug-likeness (QED) is 0.583. The van der Waals surface area contributed by atoms with E-state index < -0.39 is 28.7 Å². The van der Waals surface area contributed by atoms with Crippen molar-refractivity contribution < 1.29 is 24.4 Å². The van der Waals surface area contributed by atoms with Gasteiger partial charge in [-0.1, -0.05) is 24.3 Å². The fourth-order valence-corrected chi connectivity index (χ4v) is 3.37. The summed E-state index contributed by atoms with van der Waals surface area (Å²) in [6.07, 6.45) is 0.201. The maximum Gasteiger partial charge on any atom is 0.326 e. The first-order chi connectivity index (χ1) is 13.8. The van der Waals surface area contributed by atoms with Crippen molar-refractivity contribution in [3.05, 3.63) is 74.8 Å². The van der Waals surface area contributed by atoms with Crippen LogP contribution >= 0.6 is 0 Å². The van der Waals surface area contributed by atoms with Gasteiger partial charge < -0.3 is 15.3 Å². The molecule has 2 aromatic carbocycles. The lowest BCUT2D eigenvalue weighted by atomic mass is 9.94. The monoisotopic (exact) mass is 397 g/mol. The average Bonchev–Trinajstić information content (AvgIpc) is 2.70. The van der Waals surface area contributed by atoms with Crippen LogP contribution in [0.5, 0.6) is 0 Å². The van der Waals surface area contributed by atoms with Crippen molar-refractivity contribution in [3.63, 3.8) is 0 Å². The molecule has 2 amide bonds. The molecule has 2 aromatic rings. The molecule has 0 bridgehead atoms. The van der Waals surface area contributed by atoms with Gasteiger partial charge in [0.25, 0.3) is 11.6 Å². The third-order valence-electron chi connectivity index (χ3n) is 4.91. The number of nitrogens with zero attached hydrogens (tertiary/aromatic N) is 2. The lowest BCUT2D eigenvalue weighted by molar-refractivity contribution is -0.385. The largest absolute Gasteiger partial charge is 0.480 e. The van der Waals surface area contributed by atoms with Gasteiger partial charge in [0.1, 0.15) is 6.04 Å². The molecule has 1 aliphatic heterocycles. The molecule has 1 atom stereocenters. The number of nitro groups is 1. The van der Waals surface area contributed by atoms with Gasteiger partial charge in [0.15, 0.2) is 0 Å². The van der Waals surface area contributed by atoms with E-state index in [1.807, 2.05) is 24.3 Å². The van der Waals surface area contributed by atoms with E-state index in [0.29, 0.717) is 5.56 Å². The number of rotatable bonds is 5. The lowest BCUT2D eigenvalue weighted by Gasteiger charge is -2.34. The summed E-state index contributed by atoms with van der Waals surface area (Å²) in [6.45, 7) is 1.29. The minimum Gasteiger partial charge on any atom is -0.480 e. The third-order valence-corrected chi connectivity index (χ3v) is 4.91. The number of nitro benzene ring substituents is 1. The lowest BCUT2D eigenvalue weighted by Crippen LogP contribution is -2.51. The highest BCUT2D eigenvalue weighted by Gasteiger charge is 2.34. The molecular weight excluding hydrogens is 378 g/mol. The van der Waals surface area contributed by atoms with E-state index in [2.05, 4.69) is 5.32 Å². The Labute approximate surface area is 166 Å². The molecule has 2 N–H and O–H groups in total. The molecule has 0 aliphatic carbocycles. The normalized spacial score (nSPS) is 15.3. The average molecular weight is 397 g/mol. The highest BCUT2D eigenvalue weighted by Crippen LogP contribution is 2.23. The van der Waals surface area contributed by atoms with E-state index in [4.69, 9.17) is 0 Å². The molecule has 9 nitrogen and oxygen atoms in total. The van der Waals surface area contributed by atoms with E-state index >= 15 is 0 Å². The molecular formula is C20H19N3O6. The van der Waals surface area contributed by atoms with E-state index in [-0.39, 0.29) is 30.8 Å². The number of carbonyl (C=O) groups excluding carboxylic acids is 2. The Kier molecular flexibility index (Phi) is 5.58.